The lowest BCUT2D eigenvalue weighted by atomic mass is 10.0. The number of hydrogen-bond donors (Lipinski definition) is 1. The van der Waals surface area contributed by atoms with Crippen molar-refractivity contribution in [1.29, 1.82) is 0 Å². The van der Waals surface area contributed by atoms with Crippen LogP contribution < -0.4 is 5.32 Å². The number of hydrogen-bond acceptors (Lipinski definition) is 3. The zero-order valence-electron chi connectivity index (χ0n) is 13.2. The second-order valence-electron chi connectivity index (χ2n) is 4.77. The summed E-state index contributed by atoms with van der Waals surface area (Å²) in [7, 11) is 0. The van der Waals surface area contributed by atoms with Crippen molar-refractivity contribution in [2.75, 3.05) is 6.54 Å². The van der Waals surface area contributed by atoms with Gasteiger partial charge >= 0.3 is 0 Å². The number of nitrogens with zero attached hydrogens (tertiary/aromatic N) is 1. The van der Waals surface area contributed by atoms with Gasteiger partial charge < -0.3 is 4.90 Å². The van der Waals surface area contributed by atoms with Crippen LogP contribution >= 0.6 is 0 Å². The third-order valence-electron chi connectivity index (χ3n) is 3.58. The van der Waals surface area contributed by atoms with E-state index in [0.29, 0.717) is 25.0 Å². The number of carbonyl (C=O) groups excluding carboxylic acids is 3. The van der Waals surface area contributed by atoms with Crippen LogP contribution in [0.15, 0.2) is 23.3 Å². The van der Waals surface area contributed by atoms with Gasteiger partial charge in [-0.05, 0) is 25.3 Å². The van der Waals surface area contributed by atoms with E-state index in [1.807, 2.05) is 33.8 Å². The number of allylic oxidation sites excluding steroid dienone is 1. The molecule has 1 unspecified atom stereocenters. The van der Waals surface area contributed by atoms with Crippen molar-refractivity contribution in [2.45, 2.75) is 53.0 Å². The first-order chi connectivity index (χ1) is 10.1. The highest BCUT2D eigenvalue weighted by atomic mass is 16.2. The maximum atomic E-state index is 12.3. The molecule has 1 saturated heterocycles. The maximum absolute atomic E-state index is 12.3. The highest BCUT2D eigenvalue weighted by Crippen LogP contribution is 2.27. The lowest BCUT2D eigenvalue weighted by molar-refractivity contribution is -0.142. The summed E-state index contributed by atoms with van der Waals surface area (Å²) in [5.74, 6) is -0.725. The minimum atomic E-state index is -0.519. The molecule has 0 bridgehead atoms. The molecule has 5 heteroatoms. The molecule has 5 nitrogen and oxygen atoms in total. The Balaban J connectivity index is 0.00000106. The normalized spacial score (nSPS) is 22.6. The second-order valence-corrected chi connectivity index (χ2v) is 4.77. The van der Waals surface area contributed by atoms with Crippen molar-refractivity contribution in [3.63, 3.8) is 0 Å². The molecule has 21 heavy (non-hydrogen) atoms. The Bertz CT molecular complexity index is 492. The van der Waals surface area contributed by atoms with Gasteiger partial charge in [0.25, 0.3) is 5.91 Å². The van der Waals surface area contributed by atoms with Crippen molar-refractivity contribution in [2.24, 2.45) is 0 Å². The molecule has 0 spiro atoms. The van der Waals surface area contributed by atoms with Crippen molar-refractivity contribution in [3.8, 4) is 0 Å². The molecule has 0 saturated carbocycles. The summed E-state index contributed by atoms with van der Waals surface area (Å²) in [4.78, 5) is 36.9. The summed E-state index contributed by atoms with van der Waals surface area (Å²) in [6.07, 6.45) is 5.12. The Kier molecular flexibility index (Phi) is 6.34. The SMILES string of the molecule is C/C=C\C1=C(CC)CN(C2CCC(=O)NC2=O)C1=O.CC. The predicted octanol–water partition coefficient (Wildman–Crippen LogP) is 1.94. The van der Waals surface area contributed by atoms with Crippen LogP contribution in [0.5, 0.6) is 0 Å². The molecule has 0 radical (unpaired) electrons. The summed E-state index contributed by atoms with van der Waals surface area (Å²) >= 11 is 0. The third kappa shape index (κ3) is 3.60. The topological polar surface area (TPSA) is 66.5 Å². The fourth-order valence-electron chi connectivity index (χ4n) is 2.56. The largest absolute Gasteiger partial charge is 0.323 e. The zero-order chi connectivity index (χ0) is 16.0. The van der Waals surface area contributed by atoms with E-state index in [1.54, 1.807) is 11.0 Å². The van der Waals surface area contributed by atoms with E-state index in [4.69, 9.17) is 0 Å². The first kappa shape index (κ1) is 17.1. The molecule has 2 rings (SSSR count). The number of amides is 3. The van der Waals surface area contributed by atoms with Crippen molar-refractivity contribution < 1.29 is 14.4 Å². The zero-order valence-corrected chi connectivity index (χ0v) is 13.2. The van der Waals surface area contributed by atoms with Gasteiger partial charge in [0.05, 0.1) is 0 Å². The van der Waals surface area contributed by atoms with Gasteiger partial charge in [0.1, 0.15) is 6.04 Å². The van der Waals surface area contributed by atoms with Gasteiger partial charge in [-0.1, -0.05) is 32.9 Å². The van der Waals surface area contributed by atoms with Crippen LogP contribution in [0.2, 0.25) is 0 Å². The summed E-state index contributed by atoms with van der Waals surface area (Å²) in [6, 6.07) is -0.519. The molecular formula is C16H24N2O3. The van der Waals surface area contributed by atoms with Gasteiger partial charge in [0, 0.05) is 18.5 Å². The molecule has 0 aliphatic carbocycles. The van der Waals surface area contributed by atoms with Crippen molar-refractivity contribution in [3.05, 3.63) is 23.3 Å². The standard InChI is InChI=1S/C14H18N2O3.C2H6/c1-3-5-10-9(4-2)8-16(14(10)19)11-6-7-12(17)15-13(11)18;1-2/h3,5,11H,4,6-8H2,1-2H3,(H,15,17,18);1-2H3/b5-3-;. The first-order valence-electron chi connectivity index (χ1n) is 7.57. The van der Waals surface area contributed by atoms with Crippen LogP contribution in [0.1, 0.15) is 47.0 Å². The van der Waals surface area contributed by atoms with Gasteiger partial charge in [-0.3, -0.25) is 19.7 Å². The molecule has 1 fully saturated rings. The number of imide groups is 1. The van der Waals surface area contributed by atoms with Gasteiger partial charge in [-0.15, -0.1) is 0 Å². The number of rotatable bonds is 3. The van der Waals surface area contributed by atoms with Crippen LogP contribution in [0.25, 0.3) is 0 Å². The molecule has 0 aromatic rings. The van der Waals surface area contributed by atoms with Crippen molar-refractivity contribution in [1.82, 2.24) is 10.2 Å². The van der Waals surface area contributed by atoms with E-state index in [9.17, 15) is 14.4 Å². The van der Waals surface area contributed by atoms with Gasteiger partial charge in [-0.2, -0.15) is 0 Å². The number of carbonyl (C=O) groups is 3. The summed E-state index contributed by atoms with van der Waals surface area (Å²) in [5.41, 5.74) is 1.74. The second kappa shape index (κ2) is 7.76. The Morgan fingerprint density at radius 3 is 2.48 bits per heavy atom. The molecule has 0 aromatic heterocycles. The minimum Gasteiger partial charge on any atom is -0.323 e. The van der Waals surface area contributed by atoms with E-state index in [-0.39, 0.29) is 17.7 Å². The highest BCUT2D eigenvalue weighted by molar-refractivity contribution is 6.05. The van der Waals surface area contributed by atoms with E-state index in [2.05, 4.69) is 5.32 Å². The van der Waals surface area contributed by atoms with E-state index >= 15 is 0 Å². The number of piperidine rings is 1. The summed E-state index contributed by atoms with van der Waals surface area (Å²) in [6.45, 7) is 8.35. The van der Waals surface area contributed by atoms with Gasteiger partial charge in [0.15, 0.2) is 0 Å². The van der Waals surface area contributed by atoms with Gasteiger partial charge in [0.2, 0.25) is 11.8 Å². The monoisotopic (exact) mass is 292 g/mol. The lowest BCUT2D eigenvalue weighted by Gasteiger charge is -2.29. The third-order valence-corrected chi connectivity index (χ3v) is 3.58. The van der Waals surface area contributed by atoms with Crippen LogP contribution in [-0.2, 0) is 14.4 Å². The smallest absolute Gasteiger partial charge is 0.254 e. The van der Waals surface area contributed by atoms with E-state index in [1.165, 1.54) is 0 Å². The van der Waals surface area contributed by atoms with Crippen molar-refractivity contribution >= 4 is 17.7 Å². The summed E-state index contributed by atoms with van der Waals surface area (Å²) in [5, 5.41) is 2.30. The molecule has 1 N–H and O–H groups in total. The molecule has 2 aliphatic rings. The van der Waals surface area contributed by atoms with E-state index < -0.39 is 6.04 Å². The lowest BCUT2D eigenvalue weighted by Crippen LogP contribution is -2.53. The molecule has 1 atom stereocenters. The highest BCUT2D eigenvalue weighted by Gasteiger charge is 2.38. The molecule has 2 aliphatic heterocycles. The minimum absolute atomic E-state index is 0.107. The number of nitrogens with one attached hydrogen (secondary N) is 1. The summed E-state index contributed by atoms with van der Waals surface area (Å²) < 4.78 is 0. The maximum Gasteiger partial charge on any atom is 0.254 e. The quantitative estimate of drug-likeness (QED) is 0.808. The molecule has 0 aromatic carbocycles. The Morgan fingerprint density at radius 1 is 1.29 bits per heavy atom. The van der Waals surface area contributed by atoms with Crippen LogP contribution in [0.3, 0.4) is 0 Å². The molecule has 116 valence electrons. The average molecular weight is 292 g/mol. The van der Waals surface area contributed by atoms with E-state index in [0.717, 1.165) is 12.0 Å². The predicted molar refractivity (Wildman–Crippen MR) is 81.4 cm³/mol. The fourth-order valence-corrected chi connectivity index (χ4v) is 2.56. The Morgan fingerprint density at radius 2 is 1.95 bits per heavy atom. The first-order valence-corrected chi connectivity index (χ1v) is 7.57. The average Bonchev–Trinajstić information content (AvgIpc) is 2.79. The van der Waals surface area contributed by atoms with Crippen LogP contribution in [0.4, 0.5) is 0 Å². The Hall–Kier alpha value is -1.91. The fraction of sp³-hybridized carbons (Fsp3) is 0.562. The molecule has 3 amide bonds. The molecule has 2 heterocycles. The van der Waals surface area contributed by atoms with Gasteiger partial charge in [-0.25, -0.2) is 0 Å². The Labute approximate surface area is 126 Å². The van der Waals surface area contributed by atoms with Crippen LogP contribution in [-0.4, -0.2) is 35.2 Å². The van der Waals surface area contributed by atoms with Crippen LogP contribution in [0, 0.1) is 0 Å². The molecular weight excluding hydrogens is 268 g/mol.